The first-order chi connectivity index (χ1) is 13.0. The van der Waals surface area contributed by atoms with Crippen LogP contribution in [0.15, 0.2) is 29.3 Å². The van der Waals surface area contributed by atoms with Crippen molar-refractivity contribution >= 4 is 29.9 Å². The number of likely N-dealkylation sites (tertiary alicyclic amines) is 1. The predicted molar refractivity (Wildman–Crippen MR) is 128 cm³/mol. The summed E-state index contributed by atoms with van der Waals surface area (Å²) in [5.41, 5.74) is 2.71. The Morgan fingerprint density at radius 3 is 2.71 bits per heavy atom. The third-order valence-electron chi connectivity index (χ3n) is 5.20. The van der Waals surface area contributed by atoms with Crippen LogP contribution >= 0.6 is 24.0 Å². The zero-order valence-electron chi connectivity index (χ0n) is 18.2. The Hall–Kier alpha value is -0.860. The average Bonchev–Trinajstić information content (AvgIpc) is 3.11. The summed E-state index contributed by atoms with van der Waals surface area (Å²) in [4.78, 5) is 7.38. The molecule has 0 aromatic heterocycles. The summed E-state index contributed by atoms with van der Waals surface area (Å²) < 4.78 is 10.8. The molecule has 0 bridgehead atoms. The second kappa shape index (κ2) is 12.6. The van der Waals surface area contributed by atoms with Gasteiger partial charge in [-0.25, -0.2) is 0 Å². The molecule has 1 aliphatic heterocycles. The first-order valence-electron chi connectivity index (χ1n) is 10.1. The molecular weight excluding hydrogens is 465 g/mol. The number of ether oxygens (including phenoxy) is 2. The van der Waals surface area contributed by atoms with Crippen LogP contribution in [0.3, 0.4) is 0 Å². The van der Waals surface area contributed by atoms with Gasteiger partial charge in [-0.05, 0) is 31.4 Å². The van der Waals surface area contributed by atoms with Crippen molar-refractivity contribution < 1.29 is 9.47 Å². The number of hydrogen-bond donors (Lipinski definition) is 1. The smallest absolute Gasteiger partial charge is 0.193 e. The fourth-order valence-corrected chi connectivity index (χ4v) is 3.67. The van der Waals surface area contributed by atoms with Crippen LogP contribution in [0, 0.1) is 12.8 Å². The van der Waals surface area contributed by atoms with E-state index in [1.807, 2.05) is 0 Å². The van der Waals surface area contributed by atoms with E-state index in [1.54, 1.807) is 7.11 Å². The predicted octanol–water partition coefficient (Wildman–Crippen LogP) is 3.84. The monoisotopic (exact) mass is 503 g/mol. The van der Waals surface area contributed by atoms with Crippen molar-refractivity contribution in [1.29, 1.82) is 0 Å². The first-order valence-corrected chi connectivity index (χ1v) is 10.1. The highest BCUT2D eigenvalue weighted by Gasteiger charge is 2.27. The molecular formula is C22H38IN3O2. The van der Waals surface area contributed by atoms with Crippen LogP contribution in [0.1, 0.15) is 38.3 Å². The van der Waals surface area contributed by atoms with E-state index >= 15 is 0 Å². The number of aryl methyl sites for hydroxylation is 1. The minimum Gasteiger partial charge on any atom is -0.382 e. The number of guanidine groups is 1. The minimum atomic E-state index is 0. The first kappa shape index (κ1) is 25.2. The normalized spacial score (nSPS) is 17.5. The lowest BCUT2D eigenvalue weighted by Crippen LogP contribution is -2.41. The van der Waals surface area contributed by atoms with Crippen molar-refractivity contribution in [3.05, 3.63) is 35.4 Å². The zero-order valence-corrected chi connectivity index (χ0v) is 20.5. The second-order valence-electron chi connectivity index (χ2n) is 8.04. The second-order valence-corrected chi connectivity index (χ2v) is 8.04. The van der Waals surface area contributed by atoms with Gasteiger partial charge in [0.25, 0.3) is 0 Å². The van der Waals surface area contributed by atoms with Gasteiger partial charge in [-0.1, -0.05) is 38.1 Å². The van der Waals surface area contributed by atoms with Crippen LogP contribution in [0.4, 0.5) is 0 Å². The van der Waals surface area contributed by atoms with Crippen molar-refractivity contribution in [2.24, 2.45) is 10.9 Å². The molecule has 1 fully saturated rings. The quantitative estimate of drug-likeness (QED) is 0.241. The van der Waals surface area contributed by atoms with Crippen LogP contribution in [0.5, 0.6) is 0 Å². The number of hydrogen-bond acceptors (Lipinski definition) is 3. The van der Waals surface area contributed by atoms with Crippen molar-refractivity contribution in [1.82, 2.24) is 10.2 Å². The van der Waals surface area contributed by atoms with Gasteiger partial charge in [-0.15, -0.1) is 24.0 Å². The van der Waals surface area contributed by atoms with Gasteiger partial charge in [0.05, 0.1) is 26.4 Å². The maximum atomic E-state index is 5.72. The summed E-state index contributed by atoms with van der Waals surface area (Å²) in [7, 11) is 1.71. The average molecular weight is 503 g/mol. The van der Waals surface area contributed by atoms with Crippen molar-refractivity contribution in [3.63, 3.8) is 0 Å². The topological polar surface area (TPSA) is 46.1 Å². The number of methoxy groups -OCH3 is 1. The maximum absolute atomic E-state index is 5.72. The summed E-state index contributed by atoms with van der Waals surface area (Å²) in [6.07, 6.45) is 1.15. The zero-order chi connectivity index (χ0) is 19.7. The number of aliphatic imine (C=N–C) groups is 1. The van der Waals surface area contributed by atoms with E-state index in [-0.39, 0.29) is 29.4 Å². The van der Waals surface area contributed by atoms with E-state index in [2.05, 4.69) is 62.2 Å². The molecule has 28 heavy (non-hydrogen) atoms. The Bertz CT molecular complexity index is 607. The largest absolute Gasteiger partial charge is 0.382 e. The van der Waals surface area contributed by atoms with Gasteiger partial charge >= 0.3 is 0 Å². The van der Waals surface area contributed by atoms with E-state index in [0.717, 1.165) is 45.2 Å². The molecule has 1 saturated heterocycles. The molecule has 1 aliphatic rings. The Morgan fingerprint density at radius 1 is 1.29 bits per heavy atom. The van der Waals surface area contributed by atoms with Crippen molar-refractivity contribution in [2.45, 2.75) is 39.5 Å². The molecule has 1 atom stereocenters. The minimum absolute atomic E-state index is 0. The summed E-state index contributed by atoms with van der Waals surface area (Å²) in [6.45, 7) is 14.7. The summed E-state index contributed by atoms with van der Waals surface area (Å²) in [6, 6.07) is 8.62. The molecule has 1 unspecified atom stereocenters. The molecule has 0 amide bonds. The molecule has 1 heterocycles. The SMILES string of the molecule is CCNC(=NCC(C)(C)c1ccccc1C)N1CCC(COCCOC)C1.I. The van der Waals surface area contributed by atoms with Crippen molar-refractivity contribution in [2.75, 3.05) is 53.1 Å². The van der Waals surface area contributed by atoms with Crippen molar-refractivity contribution in [3.8, 4) is 0 Å². The molecule has 1 aromatic carbocycles. The summed E-state index contributed by atoms with van der Waals surface area (Å²) >= 11 is 0. The van der Waals surface area contributed by atoms with Gasteiger partial charge in [0, 0.05) is 38.1 Å². The van der Waals surface area contributed by atoms with Gasteiger partial charge in [-0.2, -0.15) is 0 Å². The lowest BCUT2D eigenvalue weighted by Gasteiger charge is -2.27. The molecule has 0 saturated carbocycles. The van der Waals surface area contributed by atoms with Gasteiger partial charge in [0.15, 0.2) is 5.96 Å². The maximum Gasteiger partial charge on any atom is 0.193 e. The lowest BCUT2D eigenvalue weighted by molar-refractivity contribution is 0.0536. The standard InChI is InChI=1S/C22H37N3O2.HI/c1-6-23-21(25-12-11-19(15-25)16-27-14-13-26-5)24-17-22(3,4)20-10-8-7-9-18(20)2;/h7-10,19H,6,11-17H2,1-5H3,(H,23,24);1H. The fraction of sp³-hybridized carbons (Fsp3) is 0.682. The fourth-order valence-electron chi connectivity index (χ4n) is 3.67. The lowest BCUT2D eigenvalue weighted by atomic mass is 9.82. The van der Waals surface area contributed by atoms with E-state index in [9.17, 15) is 0 Å². The number of nitrogens with zero attached hydrogens (tertiary/aromatic N) is 2. The number of benzene rings is 1. The summed E-state index contributed by atoms with van der Waals surface area (Å²) in [5, 5.41) is 3.48. The van der Waals surface area contributed by atoms with Crippen LogP contribution in [-0.4, -0.2) is 64.0 Å². The van der Waals surface area contributed by atoms with Crippen LogP contribution in [0.25, 0.3) is 0 Å². The molecule has 5 nitrogen and oxygen atoms in total. The number of nitrogens with one attached hydrogen (secondary N) is 1. The molecule has 0 spiro atoms. The number of rotatable bonds is 9. The summed E-state index contributed by atoms with van der Waals surface area (Å²) in [5.74, 6) is 1.59. The van der Waals surface area contributed by atoms with Crippen LogP contribution < -0.4 is 5.32 Å². The molecule has 0 radical (unpaired) electrons. The Balaban J connectivity index is 0.00000392. The molecule has 6 heteroatoms. The molecule has 0 aliphatic carbocycles. The third-order valence-corrected chi connectivity index (χ3v) is 5.20. The highest BCUT2D eigenvalue weighted by atomic mass is 127. The number of halogens is 1. The van der Waals surface area contributed by atoms with E-state index in [4.69, 9.17) is 14.5 Å². The molecule has 1 N–H and O–H groups in total. The van der Waals surface area contributed by atoms with E-state index < -0.39 is 0 Å². The van der Waals surface area contributed by atoms with Crippen LogP contribution in [-0.2, 0) is 14.9 Å². The van der Waals surface area contributed by atoms with E-state index in [0.29, 0.717) is 19.1 Å². The molecule has 2 rings (SSSR count). The Kier molecular flexibility index (Phi) is 11.4. The third kappa shape index (κ3) is 7.52. The van der Waals surface area contributed by atoms with Gasteiger partial charge < -0.3 is 19.7 Å². The Morgan fingerprint density at radius 2 is 2.04 bits per heavy atom. The Labute approximate surface area is 188 Å². The molecule has 1 aromatic rings. The van der Waals surface area contributed by atoms with Gasteiger partial charge in [0.1, 0.15) is 0 Å². The highest BCUT2D eigenvalue weighted by Crippen LogP contribution is 2.27. The van der Waals surface area contributed by atoms with Gasteiger partial charge in [0.2, 0.25) is 0 Å². The highest BCUT2D eigenvalue weighted by molar-refractivity contribution is 14.0. The van der Waals surface area contributed by atoms with Crippen LogP contribution in [0.2, 0.25) is 0 Å². The van der Waals surface area contributed by atoms with Gasteiger partial charge in [-0.3, -0.25) is 4.99 Å². The molecule has 160 valence electrons. The van der Waals surface area contributed by atoms with E-state index in [1.165, 1.54) is 11.1 Å².